The van der Waals surface area contributed by atoms with Gasteiger partial charge in [-0.25, -0.2) is 4.79 Å². The number of aliphatic hydroxyl groups is 11. The van der Waals surface area contributed by atoms with Gasteiger partial charge in [0, 0.05) is 0 Å². The number of fused-ring (bicyclic) bond motifs is 7. The van der Waals surface area contributed by atoms with Crippen LogP contribution in [0.15, 0.2) is 11.6 Å². The molecule has 4 heterocycles. The van der Waals surface area contributed by atoms with Gasteiger partial charge in [-0.2, -0.15) is 0 Å². The van der Waals surface area contributed by atoms with Crippen molar-refractivity contribution in [3.05, 3.63) is 11.6 Å². The Morgan fingerprint density at radius 2 is 1.22 bits per heavy atom. The zero-order chi connectivity index (χ0) is 54.2. The van der Waals surface area contributed by atoms with Gasteiger partial charge in [0.2, 0.25) is 6.29 Å². The van der Waals surface area contributed by atoms with E-state index in [4.69, 9.17) is 37.9 Å². The van der Waals surface area contributed by atoms with Crippen molar-refractivity contribution in [2.24, 2.45) is 50.2 Å². The topological polar surface area (TPSA) is 351 Å². The summed E-state index contributed by atoms with van der Waals surface area (Å²) >= 11 is 0. The van der Waals surface area contributed by atoms with Crippen LogP contribution in [0.4, 0.5) is 0 Å². The molecule has 5 aliphatic carbocycles. The van der Waals surface area contributed by atoms with E-state index in [-0.39, 0.29) is 47.5 Å². The highest BCUT2D eigenvalue weighted by molar-refractivity contribution is 5.80. The summed E-state index contributed by atoms with van der Waals surface area (Å²) in [7, 11) is 0. The number of aliphatic carboxylic acids is 1. The van der Waals surface area contributed by atoms with Gasteiger partial charge in [0.15, 0.2) is 31.1 Å². The van der Waals surface area contributed by atoms with Crippen molar-refractivity contribution >= 4 is 11.9 Å². The molecular formula is C52H82O22. The number of ether oxygens (including phenoxy) is 8. The molecule has 22 nitrogen and oxygen atoms in total. The second-order valence-electron chi connectivity index (χ2n) is 25.5. The molecule has 422 valence electrons. The van der Waals surface area contributed by atoms with E-state index in [9.17, 15) is 66.1 Å². The summed E-state index contributed by atoms with van der Waals surface area (Å²) in [6.07, 6.45) is -23.4. The highest BCUT2D eigenvalue weighted by atomic mass is 16.8. The Morgan fingerprint density at radius 3 is 1.89 bits per heavy atom. The molecule has 0 radical (unpaired) electrons. The molecule has 22 heteroatoms. The molecule has 0 aromatic heterocycles. The average Bonchev–Trinajstić information content (AvgIpc) is 3.32. The molecule has 9 aliphatic rings. The molecule has 4 saturated carbocycles. The summed E-state index contributed by atoms with van der Waals surface area (Å²) in [6.45, 7) is 16.0. The standard InChI is InChI=1S/C52H82O22/c1-21-38(71-42-35(61)30(56)24(53)19-67-42)34(60)37(63)43(69-21)73-40-31(57)25(54)20-68-45(40)74-46(66)52-16-15-47(2,3)17-23(52)22-9-10-27-49(6)13-12-29(70-44-36(62)32(58)33(59)39(72-44)41(64)65)48(4,5)26(49)11-14-50(27,7)51(22,8)18-28(52)55/h9,21,23-40,42-45,53-63H,10-20H2,1-8H3,(H,64,65)/t21-,23-,24+,25-,26-,27+,28+,29-,30-,31-,32-,33-,34-,35+,36+,37+,38-,39-,40+,42-,43-,44+,45-,49-,50+,51+,52+/m0/s1. The van der Waals surface area contributed by atoms with Crippen molar-refractivity contribution in [2.75, 3.05) is 13.2 Å². The third kappa shape index (κ3) is 8.94. The van der Waals surface area contributed by atoms with Crippen LogP contribution < -0.4 is 0 Å². The maximum absolute atomic E-state index is 15.3. The summed E-state index contributed by atoms with van der Waals surface area (Å²) in [4.78, 5) is 27.2. The summed E-state index contributed by atoms with van der Waals surface area (Å²) in [5.74, 6) is -2.53. The lowest BCUT2D eigenvalue weighted by molar-refractivity contribution is -0.369. The molecule has 0 amide bonds. The molecule has 74 heavy (non-hydrogen) atoms. The molecule has 0 unspecified atom stereocenters. The van der Waals surface area contributed by atoms with E-state index in [1.165, 1.54) is 6.92 Å². The molecular weight excluding hydrogens is 977 g/mol. The minimum absolute atomic E-state index is 0.0880. The molecule has 12 N–H and O–H groups in total. The molecule has 4 aliphatic heterocycles. The van der Waals surface area contributed by atoms with Crippen LogP contribution in [0.1, 0.15) is 113 Å². The van der Waals surface area contributed by atoms with Crippen molar-refractivity contribution in [1.82, 2.24) is 0 Å². The van der Waals surface area contributed by atoms with Crippen LogP contribution in [-0.2, 0) is 47.5 Å². The maximum Gasteiger partial charge on any atom is 0.335 e. The fourth-order valence-electron chi connectivity index (χ4n) is 16.0. The monoisotopic (exact) mass is 1060 g/mol. The van der Waals surface area contributed by atoms with Crippen LogP contribution in [-0.4, -0.2) is 209 Å². The first kappa shape index (κ1) is 56.7. The fourth-order valence-corrected chi connectivity index (χ4v) is 16.0. The number of allylic oxidation sites excluding steroid dienone is 2. The van der Waals surface area contributed by atoms with Crippen LogP contribution in [0.2, 0.25) is 0 Å². The average molecular weight is 1060 g/mol. The van der Waals surface area contributed by atoms with E-state index < -0.39 is 164 Å². The number of hydrogen-bond acceptors (Lipinski definition) is 21. The Morgan fingerprint density at radius 1 is 0.608 bits per heavy atom. The summed E-state index contributed by atoms with van der Waals surface area (Å²) in [5.41, 5.74) is -2.35. The molecule has 8 fully saturated rings. The minimum atomic E-state index is -1.88. The number of esters is 1. The lowest BCUT2D eigenvalue weighted by atomic mass is 9.33. The van der Waals surface area contributed by atoms with E-state index in [0.29, 0.717) is 32.1 Å². The predicted octanol–water partition coefficient (Wildman–Crippen LogP) is -0.666. The van der Waals surface area contributed by atoms with Gasteiger partial charge in [-0.05, 0) is 110 Å². The molecule has 0 aromatic rings. The molecule has 0 bridgehead atoms. The quantitative estimate of drug-likeness (QED) is 0.0774. The summed E-state index contributed by atoms with van der Waals surface area (Å²) < 4.78 is 47.1. The predicted molar refractivity (Wildman–Crippen MR) is 251 cm³/mol. The van der Waals surface area contributed by atoms with Crippen LogP contribution >= 0.6 is 0 Å². The Balaban J connectivity index is 0.944. The van der Waals surface area contributed by atoms with E-state index in [1.54, 1.807) is 0 Å². The lowest BCUT2D eigenvalue weighted by Gasteiger charge is -2.71. The zero-order valence-corrected chi connectivity index (χ0v) is 43.6. The Labute approximate surface area is 430 Å². The summed E-state index contributed by atoms with van der Waals surface area (Å²) in [6, 6.07) is 0. The zero-order valence-electron chi connectivity index (χ0n) is 43.6. The normalized spacial score (nSPS) is 54.0. The van der Waals surface area contributed by atoms with E-state index in [1.807, 2.05) is 0 Å². The largest absolute Gasteiger partial charge is 0.479 e. The highest BCUT2D eigenvalue weighted by Gasteiger charge is 2.72. The number of aliphatic hydroxyl groups excluding tert-OH is 11. The van der Waals surface area contributed by atoms with Gasteiger partial charge in [0.25, 0.3) is 0 Å². The minimum Gasteiger partial charge on any atom is -0.479 e. The third-order valence-corrected chi connectivity index (χ3v) is 20.6. The van der Waals surface area contributed by atoms with Gasteiger partial charge in [-0.1, -0.05) is 60.1 Å². The first-order valence-corrected chi connectivity index (χ1v) is 26.6. The first-order valence-electron chi connectivity index (χ1n) is 26.6. The fraction of sp³-hybridized carbons (Fsp3) is 0.923. The Bertz CT molecular complexity index is 2110. The van der Waals surface area contributed by atoms with Crippen LogP contribution in [0.25, 0.3) is 0 Å². The Hall–Kier alpha value is -2.04. The van der Waals surface area contributed by atoms with Gasteiger partial charge >= 0.3 is 11.9 Å². The van der Waals surface area contributed by atoms with Gasteiger partial charge in [0.1, 0.15) is 72.6 Å². The van der Waals surface area contributed by atoms with Gasteiger partial charge in [-0.3, -0.25) is 4.79 Å². The van der Waals surface area contributed by atoms with Crippen LogP contribution in [0.5, 0.6) is 0 Å². The van der Waals surface area contributed by atoms with Crippen LogP contribution in [0.3, 0.4) is 0 Å². The number of carboxylic acids is 1. The summed E-state index contributed by atoms with van der Waals surface area (Å²) in [5, 5.41) is 130. The van der Waals surface area contributed by atoms with Crippen molar-refractivity contribution < 1.29 is 109 Å². The lowest BCUT2D eigenvalue weighted by Crippen LogP contribution is -2.68. The number of rotatable bonds is 9. The second-order valence-corrected chi connectivity index (χ2v) is 25.5. The van der Waals surface area contributed by atoms with E-state index >= 15 is 4.79 Å². The number of carbonyl (C=O) groups excluding carboxylic acids is 1. The number of carboxylic acid groups (broad SMARTS) is 1. The van der Waals surface area contributed by atoms with Crippen molar-refractivity contribution in [3.8, 4) is 0 Å². The molecule has 27 atom stereocenters. The van der Waals surface area contributed by atoms with Crippen molar-refractivity contribution in [2.45, 2.75) is 236 Å². The van der Waals surface area contributed by atoms with Gasteiger partial charge < -0.3 is 99.2 Å². The SMILES string of the molecule is C[C@@H]1O[C@@H](O[C@H]2[C@H](OC(=O)[C@]34CCC(C)(C)C[C@H]3C3=CC[C@@H]5[C@@]6(C)CC[C@H](O[C@@H]7O[C@H](C(=O)O)[C@@H](O)[C@H](O)[C@H]7O)C(C)(C)[C@@H]6CC[C@@]5(C)[C@]3(C)C[C@H]4O)OC[C@H](O)[C@@H]2O)[C@H](O)[C@H](O)[C@H]1O[C@@H]1OC[C@@H](O)[C@H](O)[C@H]1O. The van der Waals surface area contributed by atoms with Crippen LogP contribution in [0, 0.1) is 50.2 Å². The van der Waals surface area contributed by atoms with Gasteiger partial charge in [0.05, 0.1) is 31.5 Å². The van der Waals surface area contributed by atoms with Crippen molar-refractivity contribution in [3.63, 3.8) is 0 Å². The first-order chi connectivity index (χ1) is 34.4. The maximum atomic E-state index is 15.3. The van der Waals surface area contributed by atoms with E-state index in [2.05, 4.69) is 54.5 Å². The highest BCUT2D eigenvalue weighted by Crippen LogP contribution is 2.76. The molecule has 9 rings (SSSR count). The third-order valence-electron chi connectivity index (χ3n) is 20.6. The number of carbonyl (C=O) groups is 2. The van der Waals surface area contributed by atoms with Crippen molar-refractivity contribution in [1.29, 1.82) is 0 Å². The number of hydrogen-bond donors (Lipinski definition) is 12. The van der Waals surface area contributed by atoms with E-state index in [0.717, 1.165) is 18.4 Å². The molecule has 4 saturated heterocycles. The van der Waals surface area contributed by atoms with Gasteiger partial charge in [-0.15, -0.1) is 0 Å². The molecule has 0 spiro atoms. The Kier molecular flexibility index (Phi) is 15.3. The smallest absolute Gasteiger partial charge is 0.335 e. The molecule has 0 aromatic carbocycles. The second kappa shape index (κ2) is 19.9.